The van der Waals surface area contributed by atoms with Crippen LogP contribution in [0.1, 0.15) is 34.1 Å². The van der Waals surface area contributed by atoms with Crippen LogP contribution in [0.25, 0.3) is 0 Å². The molecule has 1 unspecified atom stereocenters. The van der Waals surface area contributed by atoms with Gasteiger partial charge in [0.1, 0.15) is 11.6 Å². The van der Waals surface area contributed by atoms with Gasteiger partial charge < -0.3 is 20.5 Å². The quantitative estimate of drug-likeness (QED) is 0.700. The summed E-state index contributed by atoms with van der Waals surface area (Å²) in [5, 5.41) is 2.44. The molecule has 0 saturated heterocycles. The first-order valence-electron chi connectivity index (χ1n) is 5.66. The molecule has 0 bridgehead atoms. The van der Waals surface area contributed by atoms with Gasteiger partial charge in [0.05, 0.1) is 6.61 Å². The maximum atomic E-state index is 11.5. The molecule has 0 aromatic rings. The summed E-state index contributed by atoms with van der Waals surface area (Å²) in [6.45, 7) is 7.47. The Hall–Kier alpha value is -1.30. The molecule has 6 nitrogen and oxygen atoms in total. The summed E-state index contributed by atoms with van der Waals surface area (Å²) in [5.74, 6) is -0.496. The molecule has 6 heteroatoms. The van der Waals surface area contributed by atoms with Crippen molar-refractivity contribution in [1.82, 2.24) is 5.32 Å². The van der Waals surface area contributed by atoms with Crippen LogP contribution in [0, 0.1) is 0 Å². The third-order valence-electron chi connectivity index (χ3n) is 1.72. The zero-order valence-corrected chi connectivity index (χ0v) is 10.9. The minimum absolute atomic E-state index is 0.260. The molecule has 1 amide bonds. The molecule has 0 heterocycles. The van der Waals surface area contributed by atoms with Gasteiger partial charge >= 0.3 is 12.1 Å². The van der Waals surface area contributed by atoms with Gasteiger partial charge in [0, 0.05) is 0 Å². The number of esters is 1. The van der Waals surface area contributed by atoms with Crippen LogP contribution in [0.2, 0.25) is 0 Å². The highest BCUT2D eigenvalue weighted by Crippen LogP contribution is 2.07. The second-order valence-corrected chi connectivity index (χ2v) is 4.53. The topological polar surface area (TPSA) is 90.6 Å². The van der Waals surface area contributed by atoms with E-state index in [1.807, 2.05) is 0 Å². The normalized spacial score (nSPS) is 12.8. The fourth-order valence-corrected chi connectivity index (χ4v) is 1.11. The molecular formula is C11H22N2O4. The van der Waals surface area contributed by atoms with E-state index >= 15 is 0 Å². The summed E-state index contributed by atoms with van der Waals surface area (Å²) < 4.78 is 9.87. The fraction of sp³-hybridized carbons (Fsp3) is 0.818. The van der Waals surface area contributed by atoms with Crippen molar-refractivity contribution in [2.75, 3.05) is 13.2 Å². The summed E-state index contributed by atoms with van der Waals surface area (Å²) in [6, 6.07) is -0.755. The van der Waals surface area contributed by atoms with Crippen molar-refractivity contribution in [2.45, 2.75) is 45.8 Å². The average Bonchev–Trinajstić information content (AvgIpc) is 2.14. The van der Waals surface area contributed by atoms with Gasteiger partial charge in [0.15, 0.2) is 0 Å². The fourth-order valence-electron chi connectivity index (χ4n) is 1.11. The highest BCUT2D eigenvalue weighted by Gasteiger charge is 2.24. The van der Waals surface area contributed by atoms with Crippen molar-refractivity contribution in [3.63, 3.8) is 0 Å². The third-order valence-corrected chi connectivity index (χ3v) is 1.72. The highest BCUT2D eigenvalue weighted by atomic mass is 16.6. The van der Waals surface area contributed by atoms with E-state index in [1.54, 1.807) is 27.7 Å². The summed E-state index contributed by atoms with van der Waals surface area (Å²) in [4.78, 5) is 23.0. The van der Waals surface area contributed by atoms with Gasteiger partial charge in [-0.25, -0.2) is 9.59 Å². The molecule has 3 N–H and O–H groups in total. The Kier molecular flexibility index (Phi) is 6.57. The Bertz CT molecular complexity index is 261. The van der Waals surface area contributed by atoms with E-state index < -0.39 is 23.7 Å². The van der Waals surface area contributed by atoms with Gasteiger partial charge in [-0.1, -0.05) is 0 Å². The van der Waals surface area contributed by atoms with E-state index in [-0.39, 0.29) is 13.2 Å². The minimum Gasteiger partial charge on any atom is -0.464 e. The van der Waals surface area contributed by atoms with Gasteiger partial charge in [0.25, 0.3) is 0 Å². The number of rotatable bonds is 5. The molecule has 0 aromatic heterocycles. The standard InChI is InChI=1S/C11H22N2O4/c1-5-16-9(14)8(6-7-12)13-10(15)17-11(2,3)4/h8H,5-7,12H2,1-4H3,(H,13,15). The zero-order chi connectivity index (χ0) is 13.5. The molecule has 0 saturated carbocycles. The van der Waals surface area contributed by atoms with E-state index in [1.165, 1.54) is 0 Å². The molecule has 0 aromatic carbocycles. The number of alkyl carbamates (subject to hydrolysis) is 1. The number of hydrogen-bond donors (Lipinski definition) is 2. The van der Waals surface area contributed by atoms with Crippen molar-refractivity contribution < 1.29 is 19.1 Å². The summed E-state index contributed by atoms with van der Waals surface area (Å²) in [7, 11) is 0. The SMILES string of the molecule is CCOC(=O)C(CCN)NC(=O)OC(C)(C)C. The molecule has 17 heavy (non-hydrogen) atoms. The molecule has 0 rings (SSSR count). The maximum absolute atomic E-state index is 11.5. The number of carbonyl (C=O) groups excluding carboxylic acids is 2. The number of amides is 1. The number of nitrogens with one attached hydrogen (secondary N) is 1. The van der Waals surface area contributed by atoms with E-state index in [4.69, 9.17) is 15.2 Å². The van der Waals surface area contributed by atoms with Crippen molar-refractivity contribution >= 4 is 12.1 Å². The lowest BCUT2D eigenvalue weighted by atomic mass is 10.2. The first kappa shape index (κ1) is 15.7. The summed E-state index contributed by atoms with van der Waals surface area (Å²) in [5.41, 5.74) is 4.76. The molecule has 0 spiro atoms. The van der Waals surface area contributed by atoms with Gasteiger partial charge in [-0.15, -0.1) is 0 Å². The lowest BCUT2D eigenvalue weighted by Gasteiger charge is -2.22. The van der Waals surface area contributed by atoms with Crippen LogP contribution >= 0.6 is 0 Å². The lowest BCUT2D eigenvalue weighted by Crippen LogP contribution is -2.45. The molecule has 0 aliphatic carbocycles. The van der Waals surface area contributed by atoms with Crippen molar-refractivity contribution in [3.05, 3.63) is 0 Å². The van der Waals surface area contributed by atoms with Crippen LogP contribution in [-0.4, -0.2) is 36.9 Å². The largest absolute Gasteiger partial charge is 0.464 e. The van der Waals surface area contributed by atoms with Crippen LogP contribution in [0.4, 0.5) is 4.79 Å². The lowest BCUT2D eigenvalue weighted by molar-refractivity contribution is -0.145. The molecular weight excluding hydrogens is 224 g/mol. The second-order valence-electron chi connectivity index (χ2n) is 4.53. The Morgan fingerprint density at radius 3 is 2.35 bits per heavy atom. The van der Waals surface area contributed by atoms with E-state index in [0.717, 1.165) is 0 Å². The monoisotopic (exact) mass is 246 g/mol. The Morgan fingerprint density at radius 1 is 1.35 bits per heavy atom. The van der Waals surface area contributed by atoms with Crippen LogP contribution in [0.5, 0.6) is 0 Å². The van der Waals surface area contributed by atoms with Gasteiger partial charge in [-0.3, -0.25) is 0 Å². The highest BCUT2D eigenvalue weighted by molar-refractivity contribution is 5.81. The smallest absolute Gasteiger partial charge is 0.408 e. The second kappa shape index (κ2) is 7.11. The molecule has 0 aliphatic heterocycles. The number of hydrogen-bond acceptors (Lipinski definition) is 5. The number of ether oxygens (including phenoxy) is 2. The van der Waals surface area contributed by atoms with Crippen LogP contribution < -0.4 is 11.1 Å². The summed E-state index contributed by atoms with van der Waals surface area (Å²) >= 11 is 0. The minimum atomic E-state index is -0.755. The third kappa shape index (κ3) is 7.57. The Labute approximate surface area is 102 Å². The van der Waals surface area contributed by atoms with E-state index in [2.05, 4.69) is 5.32 Å². The Balaban J connectivity index is 4.34. The molecule has 1 atom stereocenters. The van der Waals surface area contributed by atoms with Crippen LogP contribution in [0.3, 0.4) is 0 Å². The van der Waals surface area contributed by atoms with Gasteiger partial charge in [-0.05, 0) is 40.7 Å². The predicted molar refractivity (Wildman–Crippen MR) is 63.5 cm³/mol. The van der Waals surface area contributed by atoms with E-state index in [9.17, 15) is 9.59 Å². The van der Waals surface area contributed by atoms with E-state index in [0.29, 0.717) is 6.42 Å². The maximum Gasteiger partial charge on any atom is 0.408 e. The number of nitrogens with two attached hydrogens (primary N) is 1. The van der Waals surface area contributed by atoms with Crippen LogP contribution in [-0.2, 0) is 14.3 Å². The average molecular weight is 246 g/mol. The molecule has 100 valence electrons. The van der Waals surface area contributed by atoms with Gasteiger partial charge in [0.2, 0.25) is 0 Å². The van der Waals surface area contributed by atoms with Crippen molar-refractivity contribution in [1.29, 1.82) is 0 Å². The first-order chi connectivity index (χ1) is 7.80. The van der Waals surface area contributed by atoms with Crippen molar-refractivity contribution in [3.8, 4) is 0 Å². The number of carbonyl (C=O) groups is 2. The Morgan fingerprint density at radius 2 is 1.94 bits per heavy atom. The van der Waals surface area contributed by atoms with Crippen molar-refractivity contribution in [2.24, 2.45) is 5.73 Å². The molecule has 0 aliphatic rings. The summed E-state index contributed by atoms with van der Waals surface area (Å²) in [6.07, 6.45) is -0.332. The first-order valence-corrected chi connectivity index (χ1v) is 5.66. The molecule has 0 radical (unpaired) electrons. The predicted octanol–water partition coefficient (Wildman–Crippen LogP) is 0.792. The zero-order valence-electron chi connectivity index (χ0n) is 10.9. The van der Waals surface area contributed by atoms with Crippen LogP contribution in [0.15, 0.2) is 0 Å². The van der Waals surface area contributed by atoms with Gasteiger partial charge in [-0.2, -0.15) is 0 Å². The molecule has 0 fully saturated rings.